The van der Waals surface area contributed by atoms with Gasteiger partial charge >= 0.3 is 0 Å². The van der Waals surface area contributed by atoms with Gasteiger partial charge in [-0.25, -0.2) is 0 Å². The molecule has 0 aliphatic rings. The number of anilines is 1. The van der Waals surface area contributed by atoms with Gasteiger partial charge < -0.3 is 20.7 Å². The molecule has 0 aliphatic carbocycles. The summed E-state index contributed by atoms with van der Waals surface area (Å²) in [5, 5.41) is 3.55. The van der Waals surface area contributed by atoms with Crippen LogP contribution in [0.4, 0.5) is 5.69 Å². The van der Waals surface area contributed by atoms with Crippen molar-refractivity contribution in [3.63, 3.8) is 0 Å². The van der Waals surface area contributed by atoms with Crippen LogP contribution in [-0.4, -0.2) is 50.4 Å². The number of nitrogens with zero attached hydrogens (tertiary/aromatic N) is 1. The summed E-state index contributed by atoms with van der Waals surface area (Å²) in [6.45, 7) is 7.20. The van der Waals surface area contributed by atoms with Crippen molar-refractivity contribution in [1.82, 2.24) is 4.90 Å². The van der Waals surface area contributed by atoms with Gasteiger partial charge in [0, 0.05) is 41.0 Å². The third-order valence-electron chi connectivity index (χ3n) is 5.30. The molecule has 0 bridgehead atoms. The fourth-order valence-electron chi connectivity index (χ4n) is 3.59. The van der Waals surface area contributed by atoms with E-state index in [1.165, 1.54) is 6.07 Å². The Bertz CT molecular complexity index is 919. The minimum atomic E-state index is -1.56. The van der Waals surface area contributed by atoms with E-state index in [9.17, 15) is 9.59 Å². The highest BCUT2D eigenvalue weighted by Gasteiger charge is 2.41. The number of nitrogens with one attached hydrogen (secondary N) is 1. The number of carbonyl (C=O) groups excluding carboxylic acids is 2. The topological polar surface area (TPSA) is 84.7 Å². The van der Waals surface area contributed by atoms with Gasteiger partial charge in [0.1, 0.15) is 0 Å². The predicted molar refractivity (Wildman–Crippen MR) is 126 cm³/mol. The van der Waals surface area contributed by atoms with E-state index in [0.29, 0.717) is 41.2 Å². The molecule has 2 aromatic carbocycles. The third-order valence-corrected chi connectivity index (χ3v) is 5.93. The van der Waals surface area contributed by atoms with Crippen molar-refractivity contribution in [3.8, 4) is 0 Å². The number of hydrogen-bond donors (Lipinski definition) is 2. The Balaban J connectivity index is 2.59. The number of hydrogen-bond acceptors (Lipinski definition) is 5. The second-order valence-corrected chi connectivity index (χ2v) is 7.87. The number of amides is 1. The van der Waals surface area contributed by atoms with Gasteiger partial charge in [0.15, 0.2) is 11.9 Å². The summed E-state index contributed by atoms with van der Waals surface area (Å²) in [5.41, 5.74) is 5.40. The molecule has 0 saturated carbocycles. The SMILES string of the molecule is CCN(CC)CCCOC(C=O)(c1ccccc1Cl)c1c(Cl)cc(C(N)=O)cc1NC. The Morgan fingerprint density at radius 1 is 1.19 bits per heavy atom. The number of ether oxygens (including phenoxy) is 1. The van der Waals surface area contributed by atoms with Crippen LogP contribution in [0.15, 0.2) is 36.4 Å². The highest BCUT2D eigenvalue weighted by Crippen LogP contribution is 2.43. The van der Waals surface area contributed by atoms with Crippen molar-refractivity contribution in [3.05, 3.63) is 63.1 Å². The summed E-state index contributed by atoms with van der Waals surface area (Å²) in [5.74, 6) is -0.625. The molecule has 2 rings (SSSR count). The lowest BCUT2D eigenvalue weighted by atomic mass is 9.85. The normalized spacial score (nSPS) is 13.1. The Kier molecular flexibility index (Phi) is 9.32. The Morgan fingerprint density at radius 2 is 1.87 bits per heavy atom. The van der Waals surface area contributed by atoms with Crippen LogP contribution in [0.25, 0.3) is 0 Å². The Hall–Kier alpha value is -2.12. The molecule has 0 saturated heterocycles. The molecule has 3 N–H and O–H groups in total. The van der Waals surface area contributed by atoms with E-state index in [0.717, 1.165) is 19.6 Å². The fraction of sp³-hybridized carbons (Fsp3) is 0.391. The number of nitrogens with two attached hydrogens (primary N) is 1. The molecule has 1 unspecified atom stereocenters. The van der Waals surface area contributed by atoms with Crippen molar-refractivity contribution in [2.24, 2.45) is 5.73 Å². The number of halogens is 2. The summed E-state index contributed by atoms with van der Waals surface area (Å²) in [4.78, 5) is 26.7. The molecule has 0 fully saturated rings. The van der Waals surface area contributed by atoms with Crippen molar-refractivity contribution >= 4 is 41.1 Å². The van der Waals surface area contributed by atoms with E-state index in [4.69, 9.17) is 33.7 Å². The monoisotopic (exact) mass is 465 g/mol. The summed E-state index contributed by atoms with van der Waals surface area (Å²) in [7, 11) is 1.67. The first-order valence-electron chi connectivity index (χ1n) is 10.2. The first-order valence-corrected chi connectivity index (χ1v) is 11.0. The number of aldehydes is 1. The van der Waals surface area contributed by atoms with Gasteiger partial charge in [-0.05, 0) is 37.7 Å². The van der Waals surface area contributed by atoms with E-state index in [1.807, 2.05) is 0 Å². The largest absolute Gasteiger partial charge is 0.388 e. The van der Waals surface area contributed by atoms with Gasteiger partial charge in [0.25, 0.3) is 0 Å². The average Bonchev–Trinajstić information content (AvgIpc) is 2.77. The Labute approximate surface area is 193 Å². The highest BCUT2D eigenvalue weighted by atomic mass is 35.5. The maximum Gasteiger partial charge on any atom is 0.248 e. The molecule has 1 amide bonds. The quantitative estimate of drug-likeness (QED) is 0.360. The lowest BCUT2D eigenvalue weighted by molar-refractivity contribution is -0.127. The fourth-order valence-corrected chi connectivity index (χ4v) is 4.22. The molecule has 6 nitrogen and oxygen atoms in total. The van der Waals surface area contributed by atoms with Crippen LogP contribution in [0.2, 0.25) is 10.0 Å². The van der Waals surface area contributed by atoms with E-state index < -0.39 is 11.5 Å². The maximum atomic E-state index is 12.7. The van der Waals surface area contributed by atoms with Crippen molar-refractivity contribution in [2.45, 2.75) is 25.9 Å². The second-order valence-electron chi connectivity index (χ2n) is 7.06. The number of rotatable bonds is 12. The van der Waals surface area contributed by atoms with E-state index in [1.54, 1.807) is 37.4 Å². The van der Waals surface area contributed by atoms with Gasteiger partial charge in [-0.3, -0.25) is 9.59 Å². The number of benzene rings is 2. The molecule has 1 atom stereocenters. The smallest absolute Gasteiger partial charge is 0.248 e. The van der Waals surface area contributed by atoms with Crippen LogP contribution in [-0.2, 0) is 15.1 Å². The molecule has 168 valence electrons. The van der Waals surface area contributed by atoms with Gasteiger partial charge in [0.2, 0.25) is 5.91 Å². The zero-order valence-electron chi connectivity index (χ0n) is 18.1. The molecule has 0 radical (unpaired) electrons. The molecule has 31 heavy (non-hydrogen) atoms. The van der Waals surface area contributed by atoms with Crippen LogP contribution >= 0.6 is 23.2 Å². The zero-order valence-corrected chi connectivity index (χ0v) is 19.6. The first-order chi connectivity index (χ1) is 14.8. The van der Waals surface area contributed by atoms with Crippen LogP contribution in [0, 0.1) is 0 Å². The van der Waals surface area contributed by atoms with E-state index in [-0.39, 0.29) is 10.6 Å². The number of carbonyl (C=O) groups is 2. The molecule has 0 spiro atoms. The van der Waals surface area contributed by atoms with Crippen LogP contribution in [0.5, 0.6) is 0 Å². The minimum Gasteiger partial charge on any atom is -0.388 e. The highest BCUT2D eigenvalue weighted by molar-refractivity contribution is 6.33. The summed E-state index contributed by atoms with van der Waals surface area (Å²) in [6.07, 6.45) is 1.42. The van der Waals surface area contributed by atoms with Gasteiger partial charge in [-0.2, -0.15) is 0 Å². The lowest BCUT2D eigenvalue weighted by Gasteiger charge is -2.33. The standard InChI is InChI=1S/C23H29Cl2N3O3/c1-4-28(5-2)11-8-12-31-23(15-29,17-9-6-7-10-18(17)24)21-19(25)13-16(22(26)30)14-20(21)27-3/h6-7,9-10,13-15,27H,4-5,8,11-12H2,1-3H3,(H2,26,30). The molecule has 0 aromatic heterocycles. The van der Waals surface area contributed by atoms with Crippen molar-refractivity contribution in [1.29, 1.82) is 0 Å². The molecule has 2 aromatic rings. The zero-order chi connectivity index (χ0) is 23.0. The van der Waals surface area contributed by atoms with Gasteiger partial charge in [-0.15, -0.1) is 0 Å². The summed E-state index contributed by atoms with van der Waals surface area (Å²) < 4.78 is 6.28. The summed E-state index contributed by atoms with van der Waals surface area (Å²) >= 11 is 13.1. The van der Waals surface area contributed by atoms with E-state index >= 15 is 0 Å². The molecule has 8 heteroatoms. The molecule has 0 aliphatic heterocycles. The number of primary amides is 1. The van der Waals surface area contributed by atoms with E-state index in [2.05, 4.69) is 24.1 Å². The lowest BCUT2D eigenvalue weighted by Crippen LogP contribution is -2.36. The third kappa shape index (κ3) is 5.57. The first kappa shape index (κ1) is 25.1. The maximum absolute atomic E-state index is 12.7. The van der Waals surface area contributed by atoms with Gasteiger partial charge in [-0.1, -0.05) is 55.2 Å². The van der Waals surface area contributed by atoms with Crippen molar-refractivity contribution in [2.75, 3.05) is 38.6 Å². The predicted octanol–water partition coefficient (Wildman–Crippen LogP) is 4.33. The Morgan fingerprint density at radius 3 is 2.42 bits per heavy atom. The molecule has 0 heterocycles. The summed E-state index contributed by atoms with van der Waals surface area (Å²) in [6, 6.07) is 9.98. The average molecular weight is 466 g/mol. The van der Waals surface area contributed by atoms with Crippen LogP contribution in [0.3, 0.4) is 0 Å². The van der Waals surface area contributed by atoms with Gasteiger partial charge in [0.05, 0.1) is 11.6 Å². The molecular formula is C23H29Cl2N3O3. The van der Waals surface area contributed by atoms with Crippen LogP contribution < -0.4 is 11.1 Å². The minimum absolute atomic E-state index is 0.177. The molecular weight excluding hydrogens is 437 g/mol. The van der Waals surface area contributed by atoms with Crippen molar-refractivity contribution < 1.29 is 14.3 Å². The van der Waals surface area contributed by atoms with Crippen LogP contribution in [0.1, 0.15) is 41.8 Å². The second kappa shape index (κ2) is 11.5.